The Labute approximate surface area is 170 Å². The third-order valence-electron chi connectivity index (χ3n) is 3.82. The number of ether oxygens (including phenoxy) is 2. The van der Waals surface area contributed by atoms with Crippen LogP contribution in [0.3, 0.4) is 0 Å². The van der Waals surface area contributed by atoms with Crippen molar-refractivity contribution in [3.8, 4) is 11.5 Å². The third-order valence-corrected chi connectivity index (χ3v) is 4.99. The minimum Gasteiger partial charge on any atom is -0.490 e. The molecule has 0 bridgehead atoms. The Kier molecular flexibility index (Phi) is 6.27. The normalized spacial score (nSPS) is 14.8. The molecular weight excluding hydrogens is 400 g/mol. The van der Waals surface area contributed by atoms with Crippen LogP contribution in [0.4, 0.5) is 5.69 Å². The summed E-state index contributed by atoms with van der Waals surface area (Å²) in [5, 5.41) is 13.6. The highest BCUT2D eigenvalue weighted by Gasteiger charge is 2.23. The summed E-state index contributed by atoms with van der Waals surface area (Å²) in [6.07, 6.45) is 1.53. The summed E-state index contributed by atoms with van der Waals surface area (Å²) >= 11 is 6.07. The van der Waals surface area contributed by atoms with E-state index in [-0.39, 0.29) is 18.2 Å². The van der Waals surface area contributed by atoms with E-state index in [0.29, 0.717) is 27.1 Å². The minimum absolute atomic E-state index is 0.0960. The van der Waals surface area contributed by atoms with E-state index in [9.17, 15) is 14.9 Å². The lowest BCUT2D eigenvalue weighted by Crippen LogP contribution is -2.17. The molecule has 0 aromatic heterocycles. The van der Waals surface area contributed by atoms with Gasteiger partial charge in [-0.2, -0.15) is 0 Å². The van der Waals surface area contributed by atoms with E-state index in [1.165, 1.54) is 24.3 Å². The highest BCUT2D eigenvalue weighted by Crippen LogP contribution is 2.31. The van der Waals surface area contributed by atoms with Crippen LogP contribution in [0.1, 0.15) is 11.1 Å². The highest BCUT2D eigenvalue weighted by molar-refractivity contribution is 8.26. The van der Waals surface area contributed by atoms with Gasteiger partial charge in [-0.25, -0.2) is 0 Å². The van der Waals surface area contributed by atoms with Gasteiger partial charge in [0.15, 0.2) is 0 Å². The third kappa shape index (κ3) is 4.87. The van der Waals surface area contributed by atoms with Gasteiger partial charge in [0.2, 0.25) is 0 Å². The molecule has 1 saturated heterocycles. The van der Waals surface area contributed by atoms with Crippen LogP contribution in [-0.4, -0.2) is 28.4 Å². The molecule has 0 saturated carbocycles. The molecule has 0 spiro atoms. The molecule has 9 heteroatoms. The van der Waals surface area contributed by atoms with E-state index in [1.807, 2.05) is 31.2 Å². The second kappa shape index (κ2) is 8.85. The maximum Gasteiger partial charge on any atom is 0.270 e. The van der Waals surface area contributed by atoms with Gasteiger partial charge >= 0.3 is 0 Å². The van der Waals surface area contributed by atoms with Gasteiger partial charge in [-0.15, -0.1) is 0 Å². The maximum absolute atomic E-state index is 11.9. The van der Waals surface area contributed by atoms with Gasteiger partial charge in [0.25, 0.3) is 11.6 Å². The molecule has 1 aliphatic rings. The van der Waals surface area contributed by atoms with Crippen LogP contribution in [0.15, 0.2) is 47.4 Å². The molecule has 144 valence electrons. The molecule has 1 fully saturated rings. The number of para-hydroxylation sites is 1. The fourth-order valence-corrected chi connectivity index (χ4v) is 3.51. The predicted molar refractivity (Wildman–Crippen MR) is 112 cm³/mol. The number of nitrogens with zero attached hydrogens (tertiary/aromatic N) is 1. The van der Waals surface area contributed by atoms with E-state index < -0.39 is 4.92 Å². The number of thioether (sulfide) groups is 1. The summed E-state index contributed by atoms with van der Waals surface area (Å²) in [5.74, 6) is 0.845. The SMILES string of the molecule is Cc1ccccc1OCCOc1ccc([N+](=O)[O-])cc1/C=C1\SC(=S)NC1=O. The highest BCUT2D eigenvalue weighted by atomic mass is 32.2. The summed E-state index contributed by atoms with van der Waals surface area (Å²) in [6.45, 7) is 2.49. The van der Waals surface area contributed by atoms with Crippen LogP contribution in [-0.2, 0) is 4.79 Å². The van der Waals surface area contributed by atoms with Crippen molar-refractivity contribution in [3.63, 3.8) is 0 Å². The molecule has 0 radical (unpaired) electrons. The lowest BCUT2D eigenvalue weighted by Gasteiger charge is -2.12. The van der Waals surface area contributed by atoms with Gasteiger partial charge in [-0.3, -0.25) is 14.9 Å². The van der Waals surface area contributed by atoms with E-state index in [1.54, 1.807) is 0 Å². The summed E-state index contributed by atoms with van der Waals surface area (Å²) in [4.78, 5) is 22.8. The molecule has 1 N–H and O–H groups in total. The predicted octanol–water partition coefficient (Wildman–Crippen LogP) is 3.85. The van der Waals surface area contributed by atoms with Crippen molar-refractivity contribution < 1.29 is 19.2 Å². The maximum atomic E-state index is 11.9. The largest absolute Gasteiger partial charge is 0.490 e. The Hall–Kier alpha value is -2.91. The quantitative estimate of drug-likeness (QED) is 0.241. The molecule has 2 aromatic carbocycles. The van der Waals surface area contributed by atoms with Gasteiger partial charge in [0, 0.05) is 17.7 Å². The average Bonchev–Trinajstić information content (AvgIpc) is 2.98. The Morgan fingerprint density at radius 2 is 1.89 bits per heavy atom. The first-order chi connectivity index (χ1) is 13.4. The van der Waals surface area contributed by atoms with E-state index in [4.69, 9.17) is 21.7 Å². The minimum atomic E-state index is -0.500. The molecule has 1 amide bonds. The molecule has 0 unspecified atom stereocenters. The summed E-state index contributed by atoms with van der Waals surface area (Å²) in [6, 6.07) is 11.9. The lowest BCUT2D eigenvalue weighted by atomic mass is 10.1. The van der Waals surface area contributed by atoms with Crippen LogP contribution in [0.25, 0.3) is 6.08 Å². The van der Waals surface area contributed by atoms with Crippen molar-refractivity contribution in [2.24, 2.45) is 0 Å². The standard InChI is InChI=1S/C19H16N2O5S2/c1-12-4-2-3-5-15(12)25-8-9-26-16-7-6-14(21(23)24)10-13(16)11-17-18(22)20-19(27)28-17/h2-7,10-11H,8-9H2,1H3,(H,20,22,27)/b17-11-. The molecule has 1 heterocycles. The zero-order valence-electron chi connectivity index (χ0n) is 14.8. The number of benzene rings is 2. The van der Waals surface area contributed by atoms with Gasteiger partial charge in [0.1, 0.15) is 29.0 Å². The average molecular weight is 416 g/mol. The van der Waals surface area contributed by atoms with Gasteiger partial charge in [-0.1, -0.05) is 42.2 Å². The van der Waals surface area contributed by atoms with Crippen LogP contribution < -0.4 is 14.8 Å². The van der Waals surface area contributed by atoms with Crippen LogP contribution in [0.2, 0.25) is 0 Å². The Bertz CT molecular complexity index is 975. The summed E-state index contributed by atoms with van der Waals surface area (Å²) in [5.41, 5.74) is 1.34. The Balaban J connectivity index is 1.74. The number of rotatable bonds is 7. The Morgan fingerprint density at radius 3 is 2.54 bits per heavy atom. The van der Waals surface area contributed by atoms with Crippen molar-refractivity contribution in [3.05, 3.63) is 68.6 Å². The van der Waals surface area contributed by atoms with Gasteiger partial charge in [0.05, 0.1) is 9.83 Å². The fraction of sp³-hybridized carbons (Fsp3) is 0.158. The van der Waals surface area contributed by atoms with Crippen molar-refractivity contribution in [1.29, 1.82) is 0 Å². The first-order valence-electron chi connectivity index (χ1n) is 8.28. The number of carbonyl (C=O) groups excluding carboxylic acids is 1. The van der Waals surface area contributed by atoms with Crippen LogP contribution in [0.5, 0.6) is 11.5 Å². The number of amides is 1. The van der Waals surface area contributed by atoms with Crippen molar-refractivity contribution in [2.75, 3.05) is 13.2 Å². The zero-order chi connectivity index (χ0) is 20.1. The molecule has 1 aliphatic heterocycles. The number of thiocarbonyl (C=S) groups is 1. The van der Waals surface area contributed by atoms with Gasteiger partial charge < -0.3 is 14.8 Å². The summed E-state index contributed by atoms with van der Waals surface area (Å²) < 4.78 is 11.8. The van der Waals surface area contributed by atoms with E-state index in [0.717, 1.165) is 23.1 Å². The summed E-state index contributed by atoms with van der Waals surface area (Å²) in [7, 11) is 0. The number of aryl methyl sites for hydroxylation is 1. The smallest absolute Gasteiger partial charge is 0.270 e. The Morgan fingerprint density at radius 1 is 1.18 bits per heavy atom. The number of non-ortho nitro benzene ring substituents is 1. The van der Waals surface area contributed by atoms with Crippen molar-refractivity contribution in [1.82, 2.24) is 5.32 Å². The number of carbonyl (C=O) groups is 1. The van der Waals surface area contributed by atoms with Crippen LogP contribution in [0, 0.1) is 17.0 Å². The lowest BCUT2D eigenvalue weighted by molar-refractivity contribution is -0.384. The molecule has 28 heavy (non-hydrogen) atoms. The molecular formula is C19H16N2O5S2. The number of hydrogen-bond donors (Lipinski definition) is 1. The topological polar surface area (TPSA) is 90.7 Å². The number of nitro benzene ring substituents is 1. The number of nitro groups is 1. The van der Waals surface area contributed by atoms with Crippen molar-refractivity contribution in [2.45, 2.75) is 6.92 Å². The van der Waals surface area contributed by atoms with Crippen LogP contribution >= 0.6 is 24.0 Å². The van der Waals surface area contributed by atoms with Gasteiger partial charge in [-0.05, 0) is 30.7 Å². The zero-order valence-corrected chi connectivity index (χ0v) is 16.5. The molecule has 7 nitrogen and oxygen atoms in total. The second-order valence-electron chi connectivity index (χ2n) is 5.79. The van der Waals surface area contributed by atoms with E-state index in [2.05, 4.69) is 5.32 Å². The fourth-order valence-electron chi connectivity index (χ4n) is 2.48. The molecule has 3 rings (SSSR count). The first kappa shape index (κ1) is 19.8. The monoisotopic (exact) mass is 416 g/mol. The number of hydrogen-bond acceptors (Lipinski definition) is 7. The molecule has 2 aromatic rings. The number of nitrogens with one attached hydrogen (secondary N) is 1. The molecule has 0 aliphatic carbocycles. The second-order valence-corrected chi connectivity index (χ2v) is 7.51. The van der Waals surface area contributed by atoms with Crippen molar-refractivity contribution >= 4 is 46.0 Å². The first-order valence-corrected chi connectivity index (χ1v) is 9.51. The van der Waals surface area contributed by atoms with E-state index >= 15 is 0 Å². The molecule has 0 atom stereocenters.